The molecule has 17 heavy (non-hydrogen) atoms. The first-order chi connectivity index (χ1) is 7.69. The van der Waals surface area contributed by atoms with Gasteiger partial charge in [0.2, 0.25) is 0 Å². The largest absolute Gasteiger partial charge is 0.310 e. The molecule has 0 aromatic carbocycles. The summed E-state index contributed by atoms with van der Waals surface area (Å²) in [7, 11) is 0. The van der Waals surface area contributed by atoms with E-state index in [2.05, 4.69) is 67.2 Å². The van der Waals surface area contributed by atoms with Crippen molar-refractivity contribution in [1.82, 2.24) is 9.97 Å². The van der Waals surface area contributed by atoms with Crippen LogP contribution in [0, 0.1) is 14.9 Å². The van der Waals surface area contributed by atoms with Crippen LogP contribution in [-0.2, 0) is 12.8 Å². The molecule has 0 spiro atoms. The molecule has 0 fully saturated rings. The molecule has 0 aliphatic heterocycles. The average molecular weight is 348 g/mol. The van der Waals surface area contributed by atoms with Crippen molar-refractivity contribution in [2.75, 3.05) is 0 Å². The maximum atomic E-state index is 11.8. The van der Waals surface area contributed by atoms with Gasteiger partial charge in [0.25, 0.3) is 5.56 Å². The molecule has 1 aromatic heterocycles. The van der Waals surface area contributed by atoms with Crippen LogP contribution in [0.1, 0.15) is 46.1 Å². The Morgan fingerprint density at radius 1 is 1.35 bits per heavy atom. The molecule has 0 aliphatic carbocycles. The van der Waals surface area contributed by atoms with E-state index in [9.17, 15) is 4.79 Å². The summed E-state index contributed by atoms with van der Waals surface area (Å²) >= 11 is 2.09. The standard InChI is InChI=1S/C13H21IN2O/c1-8(2)6-9-11(14)12(17)16-10(15-9)7-13(3,4)5/h8H,6-7H2,1-5H3,(H,15,16,17). The summed E-state index contributed by atoms with van der Waals surface area (Å²) in [6.45, 7) is 10.7. The Balaban J connectivity index is 3.10. The van der Waals surface area contributed by atoms with Crippen LogP contribution < -0.4 is 5.56 Å². The molecule has 0 radical (unpaired) electrons. The lowest BCUT2D eigenvalue weighted by molar-refractivity contribution is 0.399. The van der Waals surface area contributed by atoms with E-state index in [0.29, 0.717) is 5.92 Å². The molecule has 0 aliphatic rings. The first-order valence-corrected chi connectivity index (χ1v) is 7.04. The maximum Gasteiger partial charge on any atom is 0.264 e. The lowest BCUT2D eigenvalue weighted by atomic mass is 9.92. The van der Waals surface area contributed by atoms with Gasteiger partial charge in [-0.25, -0.2) is 4.98 Å². The van der Waals surface area contributed by atoms with Crippen molar-refractivity contribution in [3.63, 3.8) is 0 Å². The minimum Gasteiger partial charge on any atom is -0.310 e. The molecule has 1 rings (SSSR count). The molecule has 4 heteroatoms. The number of aromatic nitrogens is 2. The summed E-state index contributed by atoms with van der Waals surface area (Å²) in [5, 5.41) is 0. The number of rotatable bonds is 3. The van der Waals surface area contributed by atoms with Crippen molar-refractivity contribution in [3.8, 4) is 0 Å². The van der Waals surface area contributed by atoms with Crippen molar-refractivity contribution < 1.29 is 0 Å². The van der Waals surface area contributed by atoms with Crippen LogP contribution in [0.3, 0.4) is 0 Å². The van der Waals surface area contributed by atoms with Gasteiger partial charge in [0, 0.05) is 6.42 Å². The van der Waals surface area contributed by atoms with Gasteiger partial charge in [0.1, 0.15) is 5.82 Å². The molecule has 3 nitrogen and oxygen atoms in total. The average Bonchev–Trinajstić information content (AvgIpc) is 2.09. The minimum atomic E-state index is -0.00417. The monoisotopic (exact) mass is 348 g/mol. The van der Waals surface area contributed by atoms with Gasteiger partial charge in [0.15, 0.2) is 0 Å². The maximum absolute atomic E-state index is 11.8. The Labute approximate surface area is 117 Å². The van der Waals surface area contributed by atoms with Crippen molar-refractivity contribution in [2.24, 2.45) is 11.3 Å². The number of hydrogen-bond donors (Lipinski definition) is 1. The van der Waals surface area contributed by atoms with Gasteiger partial charge < -0.3 is 4.98 Å². The fraction of sp³-hybridized carbons (Fsp3) is 0.692. The van der Waals surface area contributed by atoms with E-state index in [1.54, 1.807) is 0 Å². The zero-order chi connectivity index (χ0) is 13.2. The van der Waals surface area contributed by atoms with Crippen LogP contribution in [-0.4, -0.2) is 9.97 Å². The second kappa shape index (κ2) is 5.50. The number of hydrogen-bond acceptors (Lipinski definition) is 2. The molecule has 1 N–H and O–H groups in total. The van der Waals surface area contributed by atoms with E-state index in [0.717, 1.165) is 27.9 Å². The fourth-order valence-corrected chi connectivity index (χ4v) is 2.14. The first kappa shape index (κ1) is 14.7. The quantitative estimate of drug-likeness (QED) is 0.853. The zero-order valence-electron chi connectivity index (χ0n) is 11.2. The Morgan fingerprint density at radius 2 is 1.94 bits per heavy atom. The third kappa shape index (κ3) is 4.77. The third-order valence-electron chi connectivity index (χ3n) is 2.28. The summed E-state index contributed by atoms with van der Waals surface area (Å²) < 4.78 is 0.731. The molecule has 0 amide bonds. The lowest BCUT2D eigenvalue weighted by Crippen LogP contribution is -2.22. The lowest BCUT2D eigenvalue weighted by Gasteiger charge is -2.18. The number of nitrogens with zero attached hydrogens (tertiary/aromatic N) is 1. The van der Waals surface area contributed by atoms with Crippen LogP contribution >= 0.6 is 22.6 Å². The summed E-state index contributed by atoms with van der Waals surface area (Å²) in [5.41, 5.74) is 1.07. The number of halogens is 1. The summed E-state index contributed by atoms with van der Waals surface area (Å²) in [4.78, 5) is 19.3. The van der Waals surface area contributed by atoms with Gasteiger partial charge >= 0.3 is 0 Å². The highest BCUT2D eigenvalue weighted by atomic mass is 127. The molecule has 0 unspecified atom stereocenters. The first-order valence-electron chi connectivity index (χ1n) is 5.96. The molecule has 0 bridgehead atoms. The molecule has 1 heterocycles. The zero-order valence-corrected chi connectivity index (χ0v) is 13.4. The second-order valence-corrected chi connectivity index (χ2v) is 7.19. The number of nitrogens with one attached hydrogen (secondary N) is 1. The highest BCUT2D eigenvalue weighted by Crippen LogP contribution is 2.19. The predicted molar refractivity (Wildman–Crippen MR) is 79.3 cm³/mol. The number of H-pyrrole nitrogens is 1. The normalized spacial score (nSPS) is 12.2. The topological polar surface area (TPSA) is 45.8 Å². The summed E-state index contributed by atoms with van der Waals surface area (Å²) in [6.07, 6.45) is 1.66. The second-order valence-electron chi connectivity index (χ2n) is 6.11. The van der Waals surface area contributed by atoms with Gasteiger partial charge in [-0.05, 0) is 40.3 Å². The van der Waals surface area contributed by atoms with Crippen LogP contribution in [0.5, 0.6) is 0 Å². The SMILES string of the molecule is CC(C)Cc1nc(CC(C)(C)C)[nH]c(=O)c1I. The highest BCUT2D eigenvalue weighted by Gasteiger charge is 2.16. The third-order valence-corrected chi connectivity index (χ3v) is 3.39. The molecule has 0 saturated heterocycles. The van der Waals surface area contributed by atoms with Crippen molar-refractivity contribution in [2.45, 2.75) is 47.5 Å². The number of aromatic amines is 1. The molecule has 1 aromatic rings. The van der Waals surface area contributed by atoms with Crippen molar-refractivity contribution in [3.05, 3.63) is 25.4 Å². The Hall–Kier alpha value is -0.390. The van der Waals surface area contributed by atoms with Crippen molar-refractivity contribution >= 4 is 22.6 Å². The summed E-state index contributed by atoms with van der Waals surface area (Å²) in [5.74, 6) is 1.32. The highest BCUT2D eigenvalue weighted by molar-refractivity contribution is 14.1. The van der Waals surface area contributed by atoms with Gasteiger partial charge in [-0.15, -0.1) is 0 Å². The predicted octanol–water partition coefficient (Wildman–Crippen LogP) is 3.16. The molecule has 96 valence electrons. The molecular weight excluding hydrogens is 327 g/mol. The molecule has 0 saturated carbocycles. The van der Waals surface area contributed by atoms with Gasteiger partial charge in [-0.3, -0.25) is 4.79 Å². The summed E-state index contributed by atoms with van der Waals surface area (Å²) in [6, 6.07) is 0. The van der Waals surface area contributed by atoms with E-state index in [1.807, 2.05) is 0 Å². The van der Waals surface area contributed by atoms with Crippen LogP contribution in [0.2, 0.25) is 0 Å². The van der Waals surface area contributed by atoms with Gasteiger partial charge in [-0.1, -0.05) is 34.6 Å². The molecule has 0 atom stereocenters. The van der Waals surface area contributed by atoms with Crippen LogP contribution in [0.25, 0.3) is 0 Å². The van der Waals surface area contributed by atoms with Gasteiger partial charge in [0.05, 0.1) is 9.26 Å². The van der Waals surface area contributed by atoms with E-state index in [-0.39, 0.29) is 11.0 Å². The fourth-order valence-electron chi connectivity index (χ4n) is 1.66. The van der Waals surface area contributed by atoms with Gasteiger partial charge in [-0.2, -0.15) is 0 Å². The van der Waals surface area contributed by atoms with E-state index in [1.165, 1.54) is 0 Å². The Bertz CT molecular complexity index is 444. The van der Waals surface area contributed by atoms with Crippen molar-refractivity contribution in [1.29, 1.82) is 0 Å². The smallest absolute Gasteiger partial charge is 0.264 e. The van der Waals surface area contributed by atoms with E-state index < -0.39 is 0 Å². The van der Waals surface area contributed by atoms with E-state index in [4.69, 9.17) is 0 Å². The van der Waals surface area contributed by atoms with Crippen LogP contribution in [0.4, 0.5) is 0 Å². The van der Waals surface area contributed by atoms with E-state index >= 15 is 0 Å². The Kier molecular flexibility index (Phi) is 4.75. The Morgan fingerprint density at radius 3 is 2.41 bits per heavy atom. The minimum absolute atomic E-state index is 0.00417. The molecular formula is C13H21IN2O. The van der Waals surface area contributed by atoms with Crippen LogP contribution in [0.15, 0.2) is 4.79 Å².